The van der Waals surface area contributed by atoms with Gasteiger partial charge in [-0.1, -0.05) is 0 Å². The van der Waals surface area contributed by atoms with E-state index >= 15 is 0 Å². The summed E-state index contributed by atoms with van der Waals surface area (Å²) >= 11 is 0. The number of hydrogen-bond donors (Lipinski definition) is 2. The first-order valence-electron chi connectivity index (χ1n) is 9.60. The molecule has 0 spiro atoms. The van der Waals surface area contributed by atoms with Gasteiger partial charge in [0.05, 0.1) is 34.5 Å². The molecule has 1 aliphatic rings. The van der Waals surface area contributed by atoms with E-state index in [-0.39, 0.29) is 24.0 Å². The van der Waals surface area contributed by atoms with E-state index in [0.717, 1.165) is 57.3 Å². The van der Waals surface area contributed by atoms with Gasteiger partial charge in [-0.25, -0.2) is 0 Å². The summed E-state index contributed by atoms with van der Waals surface area (Å²) in [5.41, 5.74) is 1.000. The highest BCUT2D eigenvalue weighted by Gasteiger charge is 2.15. The summed E-state index contributed by atoms with van der Waals surface area (Å²) in [4.78, 5) is 4.25. The molecule has 0 bridgehead atoms. The van der Waals surface area contributed by atoms with Gasteiger partial charge in [-0.2, -0.15) is 0 Å². The number of nitrogens with one attached hydrogen (secondary N) is 2. The van der Waals surface area contributed by atoms with Crippen molar-refractivity contribution in [1.82, 2.24) is 10.6 Å². The number of hydrogen-bond acceptors (Lipinski definition) is 6. The number of methoxy groups -OCH3 is 3. The van der Waals surface area contributed by atoms with Gasteiger partial charge < -0.3 is 34.3 Å². The van der Waals surface area contributed by atoms with Gasteiger partial charge in [0.2, 0.25) is 5.75 Å². The zero-order valence-corrected chi connectivity index (χ0v) is 20.1. The molecule has 0 amide bonds. The standard InChI is InChI=1S/C20H33N3O5.HI/c1-21-20(22-7-5-8-27-13-15-6-9-28-14-15)23-12-16-10-17(24-2)19(26-4)18(11-16)25-3;/h10-11,15H,5-9,12-14H2,1-4H3,(H2,21,22,23);1H. The Morgan fingerprint density at radius 3 is 2.41 bits per heavy atom. The Morgan fingerprint density at radius 1 is 1.14 bits per heavy atom. The van der Waals surface area contributed by atoms with Crippen molar-refractivity contribution < 1.29 is 23.7 Å². The molecule has 1 unspecified atom stereocenters. The van der Waals surface area contributed by atoms with Gasteiger partial charge >= 0.3 is 0 Å². The molecule has 1 atom stereocenters. The van der Waals surface area contributed by atoms with Crippen LogP contribution in [-0.4, -0.2) is 67.3 Å². The SMILES string of the molecule is CN=C(NCCCOCC1CCOC1)NCc1cc(OC)c(OC)c(OC)c1.I. The van der Waals surface area contributed by atoms with Gasteiger partial charge in [0.25, 0.3) is 0 Å². The summed E-state index contributed by atoms with van der Waals surface area (Å²) in [6.07, 6.45) is 2.02. The Kier molecular flexibility index (Phi) is 12.8. The molecule has 0 aliphatic carbocycles. The van der Waals surface area contributed by atoms with Crippen LogP contribution >= 0.6 is 24.0 Å². The van der Waals surface area contributed by atoms with Crippen LogP contribution in [0.2, 0.25) is 0 Å². The lowest BCUT2D eigenvalue weighted by Crippen LogP contribution is -2.37. The van der Waals surface area contributed by atoms with Gasteiger partial charge in [-0.15, -0.1) is 24.0 Å². The van der Waals surface area contributed by atoms with Crippen LogP contribution in [0.1, 0.15) is 18.4 Å². The summed E-state index contributed by atoms with van der Waals surface area (Å²) in [5.74, 6) is 3.14. The van der Waals surface area contributed by atoms with Crippen LogP contribution in [0.5, 0.6) is 17.2 Å². The quantitative estimate of drug-likeness (QED) is 0.200. The highest BCUT2D eigenvalue weighted by Crippen LogP contribution is 2.38. The summed E-state index contributed by atoms with van der Waals surface area (Å²) in [6.45, 7) is 4.57. The lowest BCUT2D eigenvalue weighted by atomic mass is 10.1. The Hall–Kier alpha value is -1.46. The first-order chi connectivity index (χ1) is 13.7. The van der Waals surface area contributed by atoms with E-state index in [2.05, 4.69) is 15.6 Å². The van der Waals surface area contributed by atoms with E-state index in [0.29, 0.717) is 29.7 Å². The van der Waals surface area contributed by atoms with E-state index in [1.165, 1.54) is 0 Å². The van der Waals surface area contributed by atoms with Crippen molar-refractivity contribution in [2.45, 2.75) is 19.4 Å². The number of halogens is 1. The minimum Gasteiger partial charge on any atom is -0.493 e. The third kappa shape index (κ3) is 8.43. The van der Waals surface area contributed by atoms with Crippen LogP contribution in [0.15, 0.2) is 17.1 Å². The summed E-state index contributed by atoms with van der Waals surface area (Å²) < 4.78 is 27.2. The van der Waals surface area contributed by atoms with Gasteiger partial charge in [0, 0.05) is 39.3 Å². The molecule has 0 saturated carbocycles. The van der Waals surface area contributed by atoms with E-state index in [1.807, 2.05) is 12.1 Å². The van der Waals surface area contributed by atoms with Gasteiger partial charge in [0.1, 0.15) is 0 Å². The Morgan fingerprint density at radius 2 is 1.86 bits per heavy atom. The maximum atomic E-state index is 5.72. The molecular formula is C20H34IN3O5. The Labute approximate surface area is 190 Å². The van der Waals surface area contributed by atoms with Crippen molar-refractivity contribution >= 4 is 29.9 Å². The van der Waals surface area contributed by atoms with Gasteiger partial charge in [-0.3, -0.25) is 4.99 Å². The lowest BCUT2D eigenvalue weighted by Gasteiger charge is -2.16. The predicted octanol–water partition coefficient (Wildman–Crippen LogP) is 2.44. The molecule has 29 heavy (non-hydrogen) atoms. The van der Waals surface area contributed by atoms with Crippen LogP contribution in [0.25, 0.3) is 0 Å². The highest BCUT2D eigenvalue weighted by atomic mass is 127. The molecular weight excluding hydrogens is 489 g/mol. The maximum Gasteiger partial charge on any atom is 0.203 e. The minimum atomic E-state index is 0. The van der Waals surface area contributed by atoms with E-state index < -0.39 is 0 Å². The van der Waals surface area contributed by atoms with Crippen molar-refractivity contribution in [3.63, 3.8) is 0 Å². The maximum absolute atomic E-state index is 5.72. The summed E-state index contributed by atoms with van der Waals surface area (Å²) in [5, 5.41) is 6.59. The number of ether oxygens (including phenoxy) is 5. The van der Waals surface area contributed by atoms with E-state index in [9.17, 15) is 0 Å². The third-order valence-corrected chi connectivity index (χ3v) is 4.54. The molecule has 1 fully saturated rings. The van der Waals surface area contributed by atoms with Crippen LogP contribution in [0.3, 0.4) is 0 Å². The molecule has 1 aromatic rings. The second-order valence-corrected chi connectivity index (χ2v) is 6.54. The number of nitrogens with zero attached hydrogens (tertiary/aromatic N) is 1. The molecule has 1 aliphatic heterocycles. The fourth-order valence-corrected chi connectivity index (χ4v) is 2.99. The number of benzene rings is 1. The molecule has 1 heterocycles. The first kappa shape index (κ1) is 25.6. The zero-order valence-electron chi connectivity index (χ0n) is 17.8. The average Bonchev–Trinajstić information content (AvgIpc) is 3.25. The largest absolute Gasteiger partial charge is 0.493 e. The zero-order chi connectivity index (χ0) is 20.2. The molecule has 9 heteroatoms. The first-order valence-corrected chi connectivity index (χ1v) is 9.60. The van der Waals surface area contributed by atoms with E-state index in [1.54, 1.807) is 28.4 Å². The number of rotatable bonds is 11. The van der Waals surface area contributed by atoms with Crippen molar-refractivity contribution in [3.8, 4) is 17.2 Å². The number of aliphatic imine (C=N–C) groups is 1. The topological polar surface area (TPSA) is 82.6 Å². The predicted molar refractivity (Wildman–Crippen MR) is 124 cm³/mol. The van der Waals surface area contributed by atoms with E-state index in [4.69, 9.17) is 23.7 Å². The van der Waals surface area contributed by atoms with Crippen LogP contribution in [-0.2, 0) is 16.0 Å². The molecule has 8 nitrogen and oxygen atoms in total. The Balaban J connectivity index is 0.00000420. The lowest BCUT2D eigenvalue weighted by molar-refractivity contribution is 0.0888. The molecule has 2 rings (SSSR count). The molecule has 166 valence electrons. The summed E-state index contributed by atoms with van der Waals surface area (Å²) in [7, 11) is 6.56. The average molecular weight is 523 g/mol. The van der Waals surface area contributed by atoms with Crippen molar-refractivity contribution in [2.75, 3.05) is 61.3 Å². The van der Waals surface area contributed by atoms with Gasteiger partial charge in [0.15, 0.2) is 17.5 Å². The monoisotopic (exact) mass is 523 g/mol. The number of guanidine groups is 1. The third-order valence-electron chi connectivity index (χ3n) is 4.54. The molecule has 0 aromatic heterocycles. The van der Waals surface area contributed by atoms with Crippen molar-refractivity contribution in [3.05, 3.63) is 17.7 Å². The van der Waals surface area contributed by atoms with Crippen molar-refractivity contribution in [1.29, 1.82) is 0 Å². The molecule has 1 saturated heterocycles. The molecule has 2 N–H and O–H groups in total. The molecule has 1 aromatic carbocycles. The second-order valence-electron chi connectivity index (χ2n) is 6.54. The van der Waals surface area contributed by atoms with Crippen molar-refractivity contribution in [2.24, 2.45) is 10.9 Å². The summed E-state index contributed by atoms with van der Waals surface area (Å²) in [6, 6.07) is 3.84. The smallest absolute Gasteiger partial charge is 0.203 e. The Bertz CT molecular complexity index is 599. The normalized spacial score (nSPS) is 16.1. The van der Waals surface area contributed by atoms with Gasteiger partial charge in [-0.05, 0) is 30.5 Å². The highest BCUT2D eigenvalue weighted by molar-refractivity contribution is 14.0. The van der Waals surface area contributed by atoms with Crippen LogP contribution in [0.4, 0.5) is 0 Å². The molecule has 0 radical (unpaired) electrons. The minimum absolute atomic E-state index is 0. The second kappa shape index (κ2) is 14.5. The van der Waals surface area contributed by atoms with Crippen LogP contribution in [0, 0.1) is 5.92 Å². The fraction of sp³-hybridized carbons (Fsp3) is 0.650. The van der Waals surface area contributed by atoms with Crippen LogP contribution < -0.4 is 24.8 Å². The fourth-order valence-electron chi connectivity index (χ4n) is 2.99.